The Morgan fingerprint density at radius 3 is 2.74 bits per heavy atom. The molecule has 0 amide bonds. The number of furan rings is 1. The largest absolute Gasteiger partial charge is 0.464 e. The summed E-state index contributed by atoms with van der Waals surface area (Å²) in [5, 5.41) is 3.53. The predicted octanol–water partition coefficient (Wildman–Crippen LogP) is 3.78. The highest BCUT2D eigenvalue weighted by Crippen LogP contribution is 2.29. The molecule has 1 aliphatic rings. The Labute approximate surface area is 114 Å². The molecule has 100 valence electrons. The fraction of sp³-hybridized carbons (Fsp3) is 0.412. The van der Waals surface area contributed by atoms with Crippen molar-refractivity contribution in [2.45, 2.75) is 39.2 Å². The smallest absolute Gasteiger partial charge is 0.125 e. The van der Waals surface area contributed by atoms with Crippen molar-refractivity contribution in [1.82, 2.24) is 5.32 Å². The van der Waals surface area contributed by atoms with E-state index in [-0.39, 0.29) is 6.04 Å². The summed E-state index contributed by atoms with van der Waals surface area (Å²) in [7, 11) is 0. The van der Waals surface area contributed by atoms with Crippen LogP contribution in [0.25, 0.3) is 0 Å². The summed E-state index contributed by atoms with van der Waals surface area (Å²) in [6, 6.07) is 11.2. The molecule has 1 unspecified atom stereocenters. The van der Waals surface area contributed by atoms with Gasteiger partial charge < -0.3 is 9.73 Å². The maximum atomic E-state index is 5.81. The fourth-order valence-electron chi connectivity index (χ4n) is 2.97. The molecule has 0 radical (unpaired) electrons. The van der Waals surface area contributed by atoms with E-state index < -0.39 is 0 Å². The molecule has 0 bridgehead atoms. The van der Waals surface area contributed by atoms with Gasteiger partial charge in [0.05, 0.1) is 6.04 Å². The molecule has 1 aliphatic carbocycles. The topological polar surface area (TPSA) is 25.2 Å². The first kappa shape index (κ1) is 12.5. The van der Waals surface area contributed by atoms with Gasteiger partial charge in [-0.05, 0) is 61.6 Å². The van der Waals surface area contributed by atoms with E-state index in [1.165, 1.54) is 36.0 Å². The molecule has 19 heavy (non-hydrogen) atoms. The first-order valence-corrected chi connectivity index (χ1v) is 7.19. The average Bonchev–Trinajstić information content (AvgIpc) is 3.03. The second kappa shape index (κ2) is 5.22. The summed E-state index contributed by atoms with van der Waals surface area (Å²) >= 11 is 0. The van der Waals surface area contributed by atoms with Gasteiger partial charge in [0.15, 0.2) is 0 Å². The third kappa shape index (κ3) is 2.45. The van der Waals surface area contributed by atoms with Crippen molar-refractivity contribution in [2.24, 2.45) is 0 Å². The molecular formula is C17H21NO. The summed E-state index contributed by atoms with van der Waals surface area (Å²) in [6.07, 6.45) is 3.76. The lowest BCUT2D eigenvalue weighted by atomic mass is 9.99. The van der Waals surface area contributed by atoms with Crippen LogP contribution >= 0.6 is 0 Å². The van der Waals surface area contributed by atoms with Crippen LogP contribution in [-0.4, -0.2) is 6.54 Å². The monoisotopic (exact) mass is 255 g/mol. The van der Waals surface area contributed by atoms with Gasteiger partial charge in [-0.1, -0.05) is 25.1 Å². The zero-order valence-corrected chi connectivity index (χ0v) is 11.7. The second-order valence-corrected chi connectivity index (χ2v) is 5.32. The number of hydrogen-bond donors (Lipinski definition) is 1. The van der Waals surface area contributed by atoms with Crippen LogP contribution in [0.1, 0.15) is 47.6 Å². The molecule has 1 N–H and O–H groups in total. The summed E-state index contributed by atoms with van der Waals surface area (Å²) < 4.78 is 5.81. The van der Waals surface area contributed by atoms with Crippen LogP contribution in [0, 0.1) is 6.92 Å². The van der Waals surface area contributed by atoms with E-state index in [1.807, 2.05) is 13.0 Å². The van der Waals surface area contributed by atoms with Gasteiger partial charge in [-0.15, -0.1) is 0 Å². The van der Waals surface area contributed by atoms with Crippen LogP contribution in [0.15, 0.2) is 34.7 Å². The van der Waals surface area contributed by atoms with Crippen LogP contribution in [0.5, 0.6) is 0 Å². The Kier molecular flexibility index (Phi) is 3.43. The molecule has 0 fully saturated rings. The maximum Gasteiger partial charge on any atom is 0.125 e. The number of fused-ring (bicyclic) bond motifs is 1. The van der Waals surface area contributed by atoms with Crippen LogP contribution < -0.4 is 5.32 Å². The van der Waals surface area contributed by atoms with Crippen molar-refractivity contribution < 1.29 is 4.42 Å². The van der Waals surface area contributed by atoms with Gasteiger partial charge in [0.1, 0.15) is 11.5 Å². The standard InChI is InChI=1S/C17H21NO/c1-3-18-17(16-10-7-12(2)19-16)15-9-8-13-5-4-6-14(13)11-15/h7-11,17-18H,3-6H2,1-2H3. The number of hydrogen-bond acceptors (Lipinski definition) is 2. The summed E-state index contributed by atoms with van der Waals surface area (Å²) in [5.41, 5.74) is 4.36. The second-order valence-electron chi connectivity index (χ2n) is 5.32. The van der Waals surface area contributed by atoms with Gasteiger partial charge in [-0.3, -0.25) is 0 Å². The minimum absolute atomic E-state index is 0.171. The Morgan fingerprint density at radius 2 is 2.00 bits per heavy atom. The quantitative estimate of drug-likeness (QED) is 0.899. The zero-order chi connectivity index (χ0) is 13.2. The zero-order valence-electron chi connectivity index (χ0n) is 11.7. The summed E-state index contributed by atoms with van der Waals surface area (Å²) in [6.45, 7) is 5.06. The normalized spacial score (nSPS) is 15.5. The van der Waals surface area contributed by atoms with E-state index in [1.54, 1.807) is 0 Å². The molecule has 2 heteroatoms. The van der Waals surface area contributed by atoms with Gasteiger partial charge in [0.2, 0.25) is 0 Å². The lowest BCUT2D eigenvalue weighted by Crippen LogP contribution is -2.21. The van der Waals surface area contributed by atoms with Crippen molar-refractivity contribution in [2.75, 3.05) is 6.54 Å². The molecule has 0 saturated heterocycles. The number of rotatable bonds is 4. The minimum atomic E-state index is 0.171. The van der Waals surface area contributed by atoms with Crippen molar-refractivity contribution in [3.8, 4) is 0 Å². The van der Waals surface area contributed by atoms with Crippen LogP contribution in [0.3, 0.4) is 0 Å². The van der Waals surface area contributed by atoms with Crippen molar-refractivity contribution in [1.29, 1.82) is 0 Å². The highest BCUT2D eigenvalue weighted by Gasteiger charge is 2.19. The highest BCUT2D eigenvalue weighted by molar-refractivity contribution is 5.38. The molecule has 0 spiro atoms. The summed E-state index contributed by atoms with van der Waals surface area (Å²) in [4.78, 5) is 0. The van der Waals surface area contributed by atoms with E-state index in [0.717, 1.165) is 18.1 Å². The molecule has 3 rings (SSSR count). The minimum Gasteiger partial charge on any atom is -0.464 e. The first-order chi connectivity index (χ1) is 9.28. The third-order valence-corrected chi connectivity index (χ3v) is 3.91. The highest BCUT2D eigenvalue weighted by atomic mass is 16.3. The Hall–Kier alpha value is -1.54. The van der Waals surface area contributed by atoms with E-state index >= 15 is 0 Å². The molecule has 0 aliphatic heterocycles. The molecule has 1 atom stereocenters. The van der Waals surface area contributed by atoms with Crippen molar-refractivity contribution >= 4 is 0 Å². The summed E-state index contributed by atoms with van der Waals surface area (Å²) in [5.74, 6) is 1.98. The third-order valence-electron chi connectivity index (χ3n) is 3.91. The fourth-order valence-corrected chi connectivity index (χ4v) is 2.97. The van der Waals surface area contributed by atoms with Gasteiger partial charge in [0.25, 0.3) is 0 Å². The van der Waals surface area contributed by atoms with Gasteiger partial charge in [0, 0.05) is 0 Å². The number of benzene rings is 1. The Balaban J connectivity index is 1.95. The van der Waals surface area contributed by atoms with E-state index in [4.69, 9.17) is 4.42 Å². The lowest BCUT2D eigenvalue weighted by Gasteiger charge is -2.17. The Morgan fingerprint density at radius 1 is 1.16 bits per heavy atom. The van der Waals surface area contributed by atoms with Crippen LogP contribution in [-0.2, 0) is 12.8 Å². The van der Waals surface area contributed by atoms with Gasteiger partial charge in [-0.2, -0.15) is 0 Å². The first-order valence-electron chi connectivity index (χ1n) is 7.19. The molecule has 1 aromatic heterocycles. The van der Waals surface area contributed by atoms with E-state index in [0.29, 0.717) is 0 Å². The molecule has 1 aromatic carbocycles. The molecule has 0 saturated carbocycles. The molecule has 2 aromatic rings. The Bertz CT molecular complexity index is 570. The molecule has 1 heterocycles. The van der Waals surface area contributed by atoms with Gasteiger partial charge in [-0.25, -0.2) is 0 Å². The van der Waals surface area contributed by atoms with E-state index in [9.17, 15) is 0 Å². The molecular weight excluding hydrogens is 234 g/mol. The molecule has 2 nitrogen and oxygen atoms in total. The SMILES string of the molecule is CCNC(c1ccc2c(c1)CCC2)c1ccc(C)o1. The number of aryl methyl sites for hydroxylation is 3. The lowest BCUT2D eigenvalue weighted by molar-refractivity contribution is 0.435. The van der Waals surface area contributed by atoms with Crippen LogP contribution in [0.4, 0.5) is 0 Å². The van der Waals surface area contributed by atoms with Gasteiger partial charge >= 0.3 is 0 Å². The predicted molar refractivity (Wildman–Crippen MR) is 77.4 cm³/mol. The van der Waals surface area contributed by atoms with Crippen LogP contribution in [0.2, 0.25) is 0 Å². The average molecular weight is 255 g/mol. The maximum absolute atomic E-state index is 5.81. The van der Waals surface area contributed by atoms with Crippen molar-refractivity contribution in [3.05, 3.63) is 58.5 Å². The van der Waals surface area contributed by atoms with E-state index in [2.05, 4.69) is 36.5 Å². The van der Waals surface area contributed by atoms with Crippen molar-refractivity contribution in [3.63, 3.8) is 0 Å². The number of nitrogens with one attached hydrogen (secondary N) is 1.